The van der Waals surface area contributed by atoms with Gasteiger partial charge in [0.05, 0.1) is 31.9 Å². The van der Waals surface area contributed by atoms with Gasteiger partial charge in [0.1, 0.15) is 12.3 Å². The SMILES string of the molecule is CNC(=O)CN(c1ccc(OC)cc1)S(=O)(=O)c1ccc(OC)c(OC)c1. The maximum Gasteiger partial charge on any atom is 0.264 e. The molecule has 0 heterocycles. The first kappa shape index (κ1) is 20.4. The highest BCUT2D eigenvalue weighted by Crippen LogP contribution is 2.32. The number of hydrogen-bond acceptors (Lipinski definition) is 6. The van der Waals surface area contributed by atoms with Crippen LogP contribution in [0.2, 0.25) is 0 Å². The van der Waals surface area contributed by atoms with Gasteiger partial charge in [-0.2, -0.15) is 0 Å². The van der Waals surface area contributed by atoms with Crippen LogP contribution < -0.4 is 23.8 Å². The standard InChI is InChI=1S/C18H22N2O6S/c1-19-18(21)12-20(13-5-7-14(24-2)8-6-13)27(22,23)15-9-10-16(25-3)17(11-15)26-4/h5-11H,12H2,1-4H3,(H,19,21). The zero-order chi connectivity index (χ0) is 20.0. The van der Waals surface area contributed by atoms with E-state index in [-0.39, 0.29) is 17.2 Å². The summed E-state index contributed by atoms with van der Waals surface area (Å²) >= 11 is 0. The molecule has 0 aromatic heterocycles. The predicted molar refractivity (Wildman–Crippen MR) is 101 cm³/mol. The summed E-state index contributed by atoms with van der Waals surface area (Å²) in [4.78, 5) is 11.9. The average Bonchev–Trinajstić information content (AvgIpc) is 2.71. The van der Waals surface area contributed by atoms with Crippen molar-refractivity contribution in [2.75, 3.05) is 39.2 Å². The first-order valence-corrected chi connectivity index (χ1v) is 9.40. The maximum absolute atomic E-state index is 13.2. The van der Waals surface area contributed by atoms with Crippen LogP contribution in [0.15, 0.2) is 47.4 Å². The number of benzene rings is 2. The van der Waals surface area contributed by atoms with E-state index >= 15 is 0 Å². The normalized spacial score (nSPS) is 10.8. The summed E-state index contributed by atoms with van der Waals surface area (Å²) < 4.78 is 42.9. The largest absolute Gasteiger partial charge is 0.497 e. The van der Waals surface area contributed by atoms with Crippen LogP contribution in [0.5, 0.6) is 17.2 Å². The van der Waals surface area contributed by atoms with Gasteiger partial charge in [-0.15, -0.1) is 0 Å². The van der Waals surface area contributed by atoms with Crippen molar-refractivity contribution in [1.82, 2.24) is 5.32 Å². The summed E-state index contributed by atoms with van der Waals surface area (Å²) in [6.07, 6.45) is 0. The molecule has 0 atom stereocenters. The molecule has 2 aromatic carbocycles. The molecule has 0 unspecified atom stereocenters. The predicted octanol–water partition coefficient (Wildman–Crippen LogP) is 1.65. The Morgan fingerprint density at radius 1 is 0.963 bits per heavy atom. The minimum absolute atomic E-state index is 0.0279. The third kappa shape index (κ3) is 4.43. The number of nitrogens with zero attached hydrogens (tertiary/aromatic N) is 1. The van der Waals surface area contributed by atoms with Crippen molar-refractivity contribution in [3.8, 4) is 17.2 Å². The van der Waals surface area contributed by atoms with E-state index in [1.807, 2.05) is 0 Å². The fourth-order valence-electron chi connectivity index (χ4n) is 2.38. The van der Waals surface area contributed by atoms with Crippen LogP contribution in [0.25, 0.3) is 0 Å². The second-order valence-corrected chi connectivity index (χ2v) is 7.26. The van der Waals surface area contributed by atoms with Crippen LogP contribution >= 0.6 is 0 Å². The number of rotatable bonds is 8. The van der Waals surface area contributed by atoms with E-state index in [1.165, 1.54) is 46.6 Å². The van der Waals surface area contributed by atoms with Gasteiger partial charge in [-0.1, -0.05) is 0 Å². The Morgan fingerprint density at radius 3 is 2.11 bits per heavy atom. The van der Waals surface area contributed by atoms with Crippen molar-refractivity contribution in [2.45, 2.75) is 4.90 Å². The highest BCUT2D eigenvalue weighted by Gasteiger charge is 2.28. The van der Waals surface area contributed by atoms with Crippen molar-refractivity contribution in [2.24, 2.45) is 0 Å². The number of sulfonamides is 1. The summed E-state index contributed by atoms with van der Waals surface area (Å²) in [7, 11) is 1.79. The summed E-state index contributed by atoms with van der Waals surface area (Å²) in [5.74, 6) is 0.795. The molecular weight excluding hydrogens is 372 g/mol. The Morgan fingerprint density at radius 2 is 1.59 bits per heavy atom. The van der Waals surface area contributed by atoms with Gasteiger partial charge >= 0.3 is 0 Å². The molecule has 0 saturated heterocycles. The number of methoxy groups -OCH3 is 3. The van der Waals surface area contributed by atoms with Crippen LogP contribution in [0.3, 0.4) is 0 Å². The fraction of sp³-hybridized carbons (Fsp3) is 0.278. The Hall–Kier alpha value is -2.94. The second-order valence-electron chi connectivity index (χ2n) is 5.40. The number of ether oxygens (including phenoxy) is 3. The Bertz CT molecular complexity index is 897. The fourth-order valence-corrected chi connectivity index (χ4v) is 3.81. The number of anilines is 1. The molecule has 27 heavy (non-hydrogen) atoms. The van der Waals surface area contributed by atoms with Crippen LogP contribution in [0.1, 0.15) is 0 Å². The molecule has 2 rings (SSSR count). The van der Waals surface area contributed by atoms with Gasteiger partial charge < -0.3 is 19.5 Å². The van der Waals surface area contributed by atoms with E-state index in [9.17, 15) is 13.2 Å². The lowest BCUT2D eigenvalue weighted by Crippen LogP contribution is -2.39. The minimum Gasteiger partial charge on any atom is -0.497 e. The minimum atomic E-state index is -4.04. The third-order valence-corrected chi connectivity index (χ3v) is 5.64. The van der Waals surface area contributed by atoms with Gasteiger partial charge in [-0.3, -0.25) is 9.10 Å². The van der Waals surface area contributed by atoms with E-state index in [0.717, 1.165) is 4.31 Å². The van der Waals surface area contributed by atoms with Gasteiger partial charge in [0.2, 0.25) is 5.91 Å². The molecule has 0 bridgehead atoms. The number of likely N-dealkylation sites (N-methyl/N-ethyl adjacent to an activating group) is 1. The molecule has 0 saturated carbocycles. The van der Waals surface area contributed by atoms with Crippen LogP contribution in [-0.4, -0.2) is 49.2 Å². The molecule has 146 valence electrons. The Kier molecular flexibility index (Phi) is 6.51. The highest BCUT2D eigenvalue weighted by molar-refractivity contribution is 7.92. The van der Waals surface area contributed by atoms with Crippen molar-refractivity contribution < 1.29 is 27.4 Å². The quantitative estimate of drug-likeness (QED) is 0.732. The van der Waals surface area contributed by atoms with Crippen LogP contribution in [0.4, 0.5) is 5.69 Å². The Balaban J connectivity index is 2.53. The van der Waals surface area contributed by atoms with E-state index in [0.29, 0.717) is 17.2 Å². The number of carbonyl (C=O) groups is 1. The molecule has 9 heteroatoms. The van der Waals surface area contributed by atoms with Gasteiger partial charge in [-0.25, -0.2) is 8.42 Å². The molecule has 1 amide bonds. The van der Waals surface area contributed by atoms with Gasteiger partial charge in [0.25, 0.3) is 10.0 Å². The summed E-state index contributed by atoms with van der Waals surface area (Å²) in [5, 5.41) is 2.44. The molecule has 0 aliphatic rings. The van der Waals surface area contributed by atoms with E-state index in [2.05, 4.69) is 5.32 Å². The monoisotopic (exact) mass is 394 g/mol. The van der Waals surface area contributed by atoms with Crippen molar-refractivity contribution >= 4 is 21.6 Å². The van der Waals surface area contributed by atoms with Crippen molar-refractivity contribution in [1.29, 1.82) is 0 Å². The molecule has 0 aliphatic heterocycles. The zero-order valence-corrected chi connectivity index (χ0v) is 16.4. The van der Waals surface area contributed by atoms with E-state index in [1.54, 1.807) is 24.3 Å². The summed E-state index contributed by atoms with van der Waals surface area (Å²) in [5.41, 5.74) is 0.328. The lowest BCUT2D eigenvalue weighted by atomic mass is 10.3. The maximum atomic E-state index is 13.2. The average molecular weight is 394 g/mol. The van der Waals surface area contributed by atoms with Crippen molar-refractivity contribution in [3.05, 3.63) is 42.5 Å². The van der Waals surface area contributed by atoms with Gasteiger partial charge in [-0.05, 0) is 36.4 Å². The van der Waals surface area contributed by atoms with Crippen LogP contribution in [0, 0.1) is 0 Å². The zero-order valence-electron chi connectivity index (χ0n) is 15.6. The molecule has 8 nitrogen and oxygen atoms in total. The molecule has 0 radical (unpaired) electrons. The van der Waals surface area contributed by atoms with Gasteiger partial charge in [0, 0.05) is 13.1 Å². The number of hydrogen-bond donors (Lipinski definition) is 1. The van der Waals surface area contributed by atoms with Gasteiger partial charge in [0.15, 0.2) is 11.5 Å². The molecule has 2 aromatic rings. The third-order valence-electron chi connectivity index (χ3n) is 3.87. The van der Waals surface area contributed by atoms with Crippen LogP contribution in [-0.2, 0) is 14.8 Å². The lowest BCUT2D eigenvalue weighted by molar-refractivity contribution is -0.119. The number of carbonyl (C=O) groups excluding carboxylic acids is 1. The molecular formula is C18H22N2O6S. The topological polar surface area (TPSA) is 94.2 Å². The number of nitrogens with one attached hydrogen (secondary N) is 1. The van der Waals surface area contributed by atoms with E-state index in [4.69, 9.17) is 14.2 Å². The first-order chi connectivity index (χ1) is 12.9. The Labute approximate surface area is 158 Å². The smallest absolute Gasteiger partial charge is 0.264 e. The highest BCUT2D eigenvalue weighted by atomic mass is 32.2. The van der Waals surface area contributed by atoms with E-state index < -0.39 is 15.9 Å². The summed E-state index contributed by atoms with van der Waals surface area (Å²) in [6.45, 7) is -0.375. The molecule has 0 spiro atoms. The first-order valence-electron chi connectivity index (χ1n) is 7.96. The lowest BCUT2D eigenvalue weighted by Gasteiger charge is -2.24. The molecule has 0 aliphatic carbocycles. The summed E-state index contributed by atoms with van der Waals surface area (Å²) in [6, 6.07) is 10.6. The second kappa shape index (κ2) is 8.63. The molecule has 1 N–H and O–H groups in total. The molecule has 0 fully saturated rings. The van der Waals surface area contributed by atoms with Crippen molar-refractivity contribution in [3.63, 3.8) is 0 Å². The number of amides is 1.